The molecule has 0 bridgehead atoms. The summed E-state index contributed by atoms with van der Waals surface area (Å²) in [7, 11) is 0. The van der Waals surface area contributed by atoms with Gasteiger partial charge < -0.3 is 15.7 Å². The Kier molecular flexibility index (Phi) is 6.18. The SMILES string of the molecule is CC(C)N(CCCC(=O)O)C(=O)[C@@H](N)c1ccccc1. The van der Waals surface area contributed by atoms with Crippen molar-refractivity contribution < 1.29 is 14.7 Å². The number of carboxylic acids is 1. The molecule has 3 N–H and O–H groups in total. The highest BCUT2D eigenvalue weighted by molar-refractivity contribution is 5.83. The fraction of sp³-hybridized carbons (Fsp3) is 0.467. The molecule has 5 nitrogen and oxygen atoms in total. The van der Waals surface area contributed by atoms with Crippen molar-refractivity contribution in [2.45, 2.75) is 38.8 Å². The molecular formula is C15H22N2O3. The Morgan fingerprint density at radius 1 is 1.25 bits per heavy atom. The monoisotopic (exact) mass is 278 g/mol. The Morgan fingerprint density at radius 3 is 2.35 bits per heavy atom. The molecule has 1 amide bonds. The molecule has 0 aliphatic carbocycles. The maximum Gasteiger partial charge on any atom is 0.303 e. The molecule has 0 aliphatic heterocycles. The molecule has 1 aromatic carbocycles. The number of aliphatic carboxylic acids is 1. The molecule has 0 unspecified atom stereocenters. The largest absolute Gasteiger partial charge is 0.481 e. The molecule has 110 valence electrons. The third kappa shape index (κ3) is 4.66. The maximum absolute atomic E-state index is 12.4. The van der Waals surface area contributed by atoms with Crippen molar-refractivity contribution in [3.8, 4) is 0 Å². The van der Waals surface area contributed by atoms with Gasteiger partial charge in [-0.3, -0.25) is 9.59 Å². The molecule has 0 fully saturated rings. The van der Waals surface area contributed by atoms with Gasteiger partial charge in [-0.2, -0.15) is 0 Å². The minimum Gasteiger partial charge on any atom is -0.481 e. The van der Waals surface area contributed by atoms with E-state index in [0.29, 0.717) is 13.0 Å². The normalized spacial score (nSPS) is 12.2. The summed E-state index contributed by atoms with van der Waals surface area (Å²) in [5.74, 6) is -1.02. The number of rotatable bonds is 7. The lowest BCUT2D eigenvalue weighted by Crippen LogP contribution is -2.43. The van der Waals surface area contributed by atoms with E-state index < -0.39 is 12.0 Å². The number of nitrogens with two attached hydrogens (primary N) is 1. The van der Waals surface area contributed by atoms with Crippen LogP contribution in [0.3, 0.4) is 0 Å². The third-order valence-corrected chi connectivity index (χ3v) is 3.12. The molecule has 5 heteroatoms. The lowest BCUT2D eigenvalue weighted by atomic mass is 10.1. The number of carbonyl (C=O) groups excluding carboxylic acids is 1. The molecule has 20 heavy (non-hydrogen) atoms. The molecule has 1 atom stereocenters. The first-order chi connectivity index (χ1) is 9.43. The minimum absolute atomic E-state index is 0.00828. The molecule has 1 rings (SSSR count). The van der Waals surface area contributed by atoms with Gasteiger partial charge in [-0.15, -0.1) is 0 Å². The molecule has 0 radical (unpaired) electrons. The van der Waals surface area contributed by atoms with Crippen molar-refractivity contribution in [2.24, 2.45) is 5.73 Å². The summed E-state index contributed by atoms with van der Waals surface area (Å²) in [6.45, 7) is 4.20. The number of carbonyl (C=O) groups is 2. The van der Waals surface area contributed by atoms with Gasteiger partial charge in [-0.25, -0.2) is 0 Å². The van der Waals surface area contributed by atoms with Crippen LogP contribution in [0.15, 0.2) is 30.3 Å². The standard InChI is InChI=1S/C15H22N2O3/c1-11(2)17(10-6-9-13(18)19)15(20)14(16)12-7-4-3-5-8-12/h3-5,7-8,11,14H,6,9-10,16H2,1-2H3,(H,18,19)/t14-/m0/s1. The molecule has 0 aromatic heterocycles. The van der Waals surface area contributed by atoms with Crippen LogP contribution in [-0.4, -0.2) is 34.5 Å². The zero-order valence-electron chi connectivity index (χ0n) is 12.0. The molecule has 1 aromatic rings. The van der Waals surface area contributed by atoms with Crippen LogP contribution in [-0.2, 0) is 9.59 Å². The zero-order valence-corrected chi connectivity index (χ0v) is 12.0. The van der Waals surface area contributed by atoms with Gasteiger partial charge in [0, 0.05) is 19.0 Å². The van der Waals surface area contributed by atoms with Crippen molar-refractivity contribution in [1.29, 1.82) is 0 Å². The first-order valence-electron chi connectivity index (χ1n) is 6.76. The average Bonchev–Trinajstić information content (AvgIpc) is 2.42. The highest BCUT2D eigenvalue weighted by Crippen LogP contribution is 2.15. The number of benzene rings is 1. The van der Waals surface area contributed by atoms with Crippen LogP contribution in [0.4, 0.5) is 0 Å². The van der Waals surface area contributed by atoms with E-state index in [4.69, 9.17) is 10.8 Å². The smallest absolute Gasteiger partial charge is 0.303 e. The van der Waals surface area contributed by atoms with E-state index in [1.165, 1.54) is 0 Å². The average molecular weight is 278 g/mol. The lowest BCUT2D eigenvalue weighted by Gasteiger charge is -2.29. The highest BCUT2D eigenvalue weighted by atomic mass is 16.4. The van der Waals surface area contributed by atoms with Crippen LogP contribution in [0, 0.1) is 0 Å². The Bertz CT molecular complexity index is 446. The van der Waals surface area contributed by atoms with Gasteiger partial charge in [0.25, 0.3) is 0 Å². The highest BCUT2D eigenvalue weighted by Gasteiger charge is 2.24. The second-order valence-corrected chi connectivity index (χ2v) is 5.01. The van der Waals surface area contributed by atoms with E-state index in [2.05, 4.69) is 0 Å². The van der Waals surface area contributed by atoms with Crippen molar-refractivity contribution in [3.05, 3.63) is 35.9 Å². The van der Waals surface area contributed by atoms with Gasteiger partial charge in [0.15, 0.2) is 0 Å². The summed E-state index contributed by atoms with van der Waals surface area (Å²) in [4.78, 5) is 24.6. The predicted molar refractivity (Wildman–Crippen MR) is 77.1 cm³/mol. The molecule has 0 spiro atoms. The van der Waals surface area contributed by atoms with Crippen molar-refractivity contribution in [3.63, 3.8) is 0 Å². The summed E-state index contributed by atoms with van der Waals surface area (Å²) >= 11 is 0. The topological polar surface area (TPSA) is 83.6 Å². The summed E-state index contributed by atoms with van der Waals surface area (Å²) in [6.07, 6.45) is 0.484. The Labute approximate surface area is 119 Å². The number of hydrogen-bond donors (Lipinski definition) is 2. The van der Waals surface area contributed by atoms with Crippen molar-refractivity contribution >= 4 is 11.9 Å². The van der Waals surface area contributed by atoms with E-state index in [-0.39, 0.29) is 18.4 Å². The van der Waals surface area contributed by atoms with E-state index in [1.807, 2.05) is 44.2 Å². The van der Waals surface area contributed by atoms with Crippen LogP contribution < -0.4 is 5.73 Å². The van der Waals surface area contributed by atoms with Crippen LogP contribution in [0.5, 0.6) is 0 Å². The first-order valence-corrected chi connectivity index (χ1v) is 6.76. The van der Waals surface area contributed by atoms with E-state index in [1.54, 1.807) is 4.90 Å². The Morgan fingerprint density at radius 2 is 1.85 bits per heavy atom. The minimum atomic E-state index is -0.853. The van der Waals surface area contributed by atoms with Crippen LogP contribution >= 0.6 is 0 Å². The van der Waals surface area contributed by atoms with Gasteiger partial charge >= 0.3 is 5.97 Å². The molecule has 0 saturated heterocycles. The van der Waals surface area contributed by atoms with E-state index >= 15 is 0 Å². The fourth-order valence-electron chi connectivity index (χ4n) is 2.01. The molecule has 0 aliphatic rings. The molecule has 0 heterocycles. The number of carboxylic acid groups (broad SMARTS) is 1. The summed E-state index contributed by atoms with van der Waals surface area (Å²) in [6, 6.07) is 8.47. The van der Waals surface area contributed by atoms with Gasteiger partial charge in [0.1, 0.15) is 6.04 Å². The Hall–Kier alpha value is -1.88. The van der Waals surface area contributed by atoms with Crippen LogP contribution in [0.1, 0.15) is 38.3 Å². The Balaban J connectivity index is 2.71. The molecular weight excluding hydrogens is 256 g/mol. The van der Waals surface area contributed by atoms with E-state index in [9.17, 15) is 9.59 Å². The number of amides is 1. The summed E-state index contributed by atoms with van der Waals surface area (Å²) in [5.41, 5.74) is 6.77. The second-order valence-electron chi connectivity index (χ2n) is 5.01. The van der Waals surface area contributed by atoms with Gasteiger partial charge in [-0.1, -0.05) is 30.3 Å². The van der Waals surface area contributed by atoms with E-state index in [0.717, 1.165) is 5.56 Å². The zero-order chi connectivity index (χ0) is 15.1. The fourth-order valence-corrected chi connectivity index (χ4v) is 2.01. The van der Waals surface area contributed by atoms with Crippen molar-refractivity contribution in [2.75, 3.05) is 6.54 Å². The molecule has 0 saturated carbocycles. The number of nitrogens with zero attached hydrogens (tertiary/aromatic N) is 1. The first kappa shape index (κ1) is 16.2. The van der Waals surface area contributed by atoms with Gasteiger partial charge in [0.2, 0.25) is 5.91 Å². The second kappa shape index (κ2) is 7.65. The van der Waals surface area contributed by atoms with Gasteiger partial charge in [-0.05, 0) is 25.8 Å². The van der Waals surface area contributed by atoms with Crippen LogP contribution in [0.25, 0.3) is 0 Å². The third-order valence-electron chi connectivity index (χ3n) is 3.12. The summed E-state index contributed by atoms with van der Waals surface area (Å²) < 4.78 is 0. The predicted octanol–water partition coefficient (Wildman–Crippen LogP) is 1.79. The number of hydrogen-bond acceptors (Lipinski definition) is 3. The maximum atomic E-state index is 12.4. The summed E-state index contributed by atoms with van der Waals surface area (Å²) in [5, 5.41) is 8.66. The lowest BCUT2D eigenvalue weighted by molar-refractivity contribution is -0.139. The van der Waals surface area contributed by atoms with Crippen molar-refractivity contribution in [1.82, 2.24) is 4.90 Å². The van der Waals surface area contributed by atoms with Gasteiger partial charge in [0.05, 0.1) is 0 Å². The van der Waals surface area contributed by atoms with Crippen LogP contribution in [0.2, 0.25) is 0 Å². The quantitative estimate of drug-likeness (QED) is 0.796.